The van der Waals surface area contributed by atoms with Crippen LogP contribution in [0.3, 0.4) is 0 Å². The molecule has 0 unspecified atom stereocenters. The lowest BCUT2D eigenvalue weighted by atomic mass is 10.0. The molecule has 32 heavy (non-hydrogen) atoms. The molecule has 2 nitrogen and oxygen atoms in total. The number of aromatic nitrogens is 2. The van der Waals surface area contributed by atoms with Gasteiger partial charge in [0, 0.05) is 6.42 Å². The first kappa shape index (κ1) is 26.7. The van der Waals surface area contributed by atoms with Crippen LogP contribution in [0.15, 0.2) is 42.7 Å². The zero-order chi connectivity index (χ0) is 22.7. The van der Waals surface area contributed by atoms with Crippen LogP contribution in [0.25, 0.3) is 0 Å². The first-order valence-electron chi connectivity index (χ1n) is 14.0. The molecule has 0 N–H and O–H groups in total. The first-order chi connectivity index (χ1) is 15.8. The molecule has 180 valence electrons. The smallest absolute Gasteiger partial charge is 0.234 e. The number of hydrogen-bond acceptors (Lipinski definition) is 0. The molecule has 0 saturated carbocycles. The second kappa shape index (κ2) is 17.9. The van der Waals surface area contributed by atoms with Gasteiger partial charge in [-0.05, 0) is 31.2 Å². The van der Waals surface area contributed by atoms with Gasteiger partial charge in [-0.2, -0.15) is 0 Å². The Morgan fingerprint density at radius 1 is 0.656 bits per heavy atom. The SMILES string of the molecule is CCCCCCCCCCCCCCCCn1cc[n+](CCCc2ccccc2)c1CC. The molecule has 0 aliphatic carbocycles. The minimum atomic E-state index is 1.12. The van der Waals surface area contributed by atoms with E-state index in [1.165, 1.54) is 121 Å². The zero-order valence-corrected chi connectivity index (χ0v) is 21.4. The average molecular weight is 440 g/mol. The molecule has 0 spiro atoms. The molecular formula is C30H51N2+. The summed E-state index contributed by atoms with van der Waals surface area (Å²) in [4.78, 5) is 0. The molecule has 0 amide bonds. The van der Waals surface area contributed by atoms with Gasteiger partial charge in [0.25, 0.3) is 5.82 Å². The highest BCUT2D eigenvalue weighted by Gasteiger charge is 2.14. The normalized spacial score (nSPS) is 11.3. The number of benzene rings is 1. The van der Waals surface area contributed by atoms with Crippen molar-refractivity contribution in [1.82, 2.24) is 4.57 Å². The van der Waals surface area contributed by atoms with E-state index in [1.807, 2.05) is 0 Å². The maximum atomic E-state index is 2.50. The second-order valence-electron chi connectivity index (χ2n) is 9.64. The van der Waals surface area contributed by atoms with E-state index < -0.39 is 0 Å². The summed E-state index contributed by atoms with van der Waals surface area (Å²) in [7, 11) is 0. The van der Waals surface area contributed by atoms with Gasteiger partial charge in [-0.15, -0.1) is 0 Å². The second-order valence-corrected chi connectivity index (χ2v) is 9.64. The van der Waals surface area contributed by atoms with Gasteiger partial charge in [0.15, 0.2) is 0 Å². The van der Waals surface area contributed by atoms with E-state index in [4.69, 9.17) is 0 Å². The van der Waals surface area contributed by atoms with Crippen LogP contribution in [0.1, 0.15) is 122 Å². The molecule has 1 aromatic heterocycles. The summed E-state index contributed by atoms with van der Waals surface area (Å²) in [6.45, 7) is 6.91. The highest BCUT2D eigenvalue weighted by molar-refractivity contribution is 5.14. The van der Waals surface area contributed by atoms with Crippen LogP contribution in [0.5, 0.6) is 0 Å². The van der Waals surface area contributed by atoms with E-state index in [2.05, 4.69) is 65.7 Å². The third-order valence-corrected chi connectivity index (χ3v) is 6.87. The molecule has 0 bridgehead atoms. The lowest BCUT2D eigenvalue weighted by Crippen LogP contribution is -2.37. The highest BCUT2D eigenvalue weighted by Crippen LogP contribution is 2.13. The van der Waals surface area contributed by atoms with Gasteiger partial charge >= 0.3 is 0 Å². The number of hydrogen-bond donors (Lipinski definition) is 0. The van der Waals surface area contributed by atoms with Crippen molar-refractivity contribution in [3.63, 3.8) is 0 Å². The van der Waals surface area contributed by atoms with Crippen molar-refractivity contribution in [3.8, 4) is 0 Å². The summed E-state index contributed by atoms with van der Waals surface area (Å²) in [6.07, 6.45) is 28.1. The van der Waals surface area contributed by atoms with Gasteiger partial charge in [0.2, 0.25) is 0 Å². The molecule has 1 heterocycles. The Morgan fingerprint density at radius 2 is 1.22 bits per heavy atom. The number of unbranched alkanes of at least 4 members (excludes halogenated alkanes) is 13. The van der Waals surface area contributed by atoms with Crippen molar-refractivity contribution in [1.29, 1.82) is 0 Å². The van der Waals surface area contributed by atoms with E-state index >= 15 is 0 Å². The van der Waals surface area contributed by atoms with Gasteiger partial charge < -0.3 is 0 Å². The fourth-order valence-electron chi connectivity index (χ4n) is 4.89. The predicted octanol–water partition coefficient (Wildman–Crippen LogP) is 8.45. The Balaban J connectivity index is 1.48. The summed E-state index contributed by atoms with van der Waals surface area (Å²) in [5.74, 6) is 1.49. The monoisotopic (exact) mass is 439 g/mol. The third kappa shape index (κ3) is 11.3. The number of aryl methyl sites for hydroxylation is 3. The topological polar surface area (TPSA) is 8.81 Å². The molecule has 0 atom stereocenters. The van der Waals surface area contributed by atoms with Gasteiger partial charge in [-0.1, -0.05) is 121 Å². The Hall–Kier alpha value is -1.57. The summed E-state index contributed by atoms with van der Waals surface area (Å²) in [6, 6.07) is 10.9. The van der Waals surface area contributed by atoms with E-state index in [0.717, 1.165) is 13.0 Å². The molecule has 0 radical (unpaired) electrons. The maximum absolute atomic E-state index is 2.50. The van der Waals surface area contributed by atoms with E-state index in [-0.39, 0.29) is 0 Å². The summed E-state index contributed by atoms with van der Waals surface area (Å²) in [5, 5.41) is 0. The van der Waals surface area contributed by atoms with Crippen LogP contribution < -0.4 is 4.57 Å². The average Bonchev–Trinajstić information content (AvgIpc) is 3.21. The van der Waals surface area contributed by atoms with Crippen LogP contribution in [-0.4, -0.2) is 4.57 Å². The van der Waals surface area contributed by atoms with Gasteiger partial charge in [-0.3, -0.25) is 0 Å². The van der Waals surface area contributed by atoms with Crippen LogP contribution in [0.2, 0.25) is 0 Å². The summed E-state index contributed by atoms with van der Waals surface area (Å²) >= 11 is 0. The highest BCUT2D eigenvalue weighted by atomic mass is 15.1. The Kier molecular flexibility index (Phi) is 14.9. The van der Waals surface area contributed by atoms with Gasteiger partial charge in [0.1, 0.15) is 12.4 Å². The first-order valence-corrected chi connectivity index (χ1v) is 14.0. The van der Waals surface area contributed by atoms with E-state index in [9.17, 15) is 0 Å². The quantitative estimate of drug-likeness (QED) is 0.144. The molecule has 2 heteroatoms. The molecule has 2 aromatic rings. The minimum absolute atomic E-state index is 1.12. The fourth-order valence-corrected chi connectivity index (χ4v) is 4.89. The molecule has 0 aliphatic rings. The standard InChI is InChI=1S/C30H51N2/c1-3-5-6-7-8-9-10-11-12-13-14-15-16-20-25-31-27-28-32(30(31)4-2)26-21-24-29-22-18-17-19-23-29/h17-19,22-23,27-28H,3-16,20-21,24-26H2,1-2H3/q+1. The molecule has 2 rings (SSSR count). The van der Waals surface area contributed by atoms with Gasteiger partial charge in [0.05, 0.1) is 13.1 Å². The van der Waals surface area contributed by atoms with Gasteiger partial charge in [-0.25, -0.2) is 9.13 Å². The third-order valence-electron chi connectivity index (χ3n) is 6.87. The number of nitrogens with zero attached hydrogens (tertiary/aromatic N) is 2. The van der Waals surface area contributed by atoms with Crippen LogP contribution in [0.4, 0.5) is 0 Å². The van der Waals surface area contributed by atoms with Crippen molar-refractivity contribution in [2.45, 2.75) is 136 Å². The molecule has 1 aromatic carbocycles. The van der Waals surface area contributed by atoms with E-state index in [0.29, 0.717) is 0 Å². The number of rotatable bonds is 20. The lowest BCUT2D eigenvalue weighted by molar-refractivity contribution is -0.704. The van der Waals surface area contributed by atoms with Crippen molar-refractivity contribution in [3.05, 3.63) is 54.1 Å². The van der Waals surface area contributed by atoms with Crippen molar-refractivity contribution >= 4 is 0 Å². The van der Waals surface area contributed by atoms with Crippen molar-refractivity contribution < 1.29 is 4.57 Å². The Bertz CT molecular complexity index is 673. The zero-order valence-electron chi connectivity index (χ0n) is 21.4. The lowest BCUT2D eigenvalue weighted by Gasteiger charge is -2.05. The predicted molar refractivity (Wildman–Crippen MR) is 139 cm³/mol. The van der Waals surface area contributed by atoms with Crippen LogP contribution in [0, 0.1) is 0 Å². The minimum Gasteiger partial charge on any atom is -0.234 e. The van der Waals surface area contributed by atoms with Crippen LogP contribution >= 0.6 is 0 Å². The van der Waals surface area contributed by atoms with Crippen LogP contribution in [-0.2, 0) is 25.9 Å². The summed E-state index contributed by atoms with van der Waals surface area (Å²) < 4.78 is 4.98. The Morgan fingerprint density at radius 3 is 1.78 bits per heavy atom. The fraction of sp³-hybridized carbons (Fsp3) is 0.700. The molecule has 0 fully saturated rings. The largest absolute Gasteiger partial charge is 0.256 e. The van der Waals surface area contributed by atoms with Crippen molar-refractivity contribution in [2.75, 3.05) is 0 Å². The maximum Gasteiger partial charge on any atom is 0.256 e. The number of imidazole rings is 1. The molecular weight excluding hydrogens is 388 g/mol. The Labute approximate surface area is 199 Å². The van der Waals surface area contributed by atoms with E-state index in [1.54, 1.807) is 0 Å². The van der Waals surface area contributed by atoms with Crippen molar-refractivity contribution in [2.24, 2.45) is 0 Å². The summed E-state index contributed by atoms with van der Waals surface area (Å²) in [5.41, 5.74) is 1.45. The molecule has 0 aliphatic heterocycles. The molecule has 0 saturated heterocycles.